The number of morpholine rings is 1. The van der Waals surface area contributed by atoms with Crippen molar-refractivity contribution in [2.45, 2.75) is 19.9 Å². The summed E-state index contributed by atoms with van der Waals surface area (Å²) in [7, 11) is 0. The molecule has 1 unspecified atom stereocenters. The molecule has 1 aromatic rings. The molecule has 1 aromatic heterocycles. The maximum Gasteiger partial charge on any atom is 0.216 e. The Morgan fingerprint density at radius 3 is 2.65 bits per heavy atom. The van der Waals surface area contributed by atoms with E-state index in [4.69, 9.17) is 9.73 Å². The molecule has 0 bridgehead atoms. The van der Waals surface area contributed by atoms with E-state index in [0.29, 0.717) is 19.6 Å². The normalized spacial score (nSPS) is 16.5. The van der Waals surface area contributed by atoms with Crippen molar-refractivity contribution >= 4 is 47.2 Å². The first-order valence-corrected chi connectivity index (χ1v) is 9.70. The van der Waals surface area contributed by atoms with Crippen molar-refractivity contribution in [1.82, 2.24) is 20.9 Å². The van der Waals surface area contributed by atoms with Crippen LogP contribution in [0.1, 0.15) is 24.8 Å². The number of hydrogen-bond acceptors (Lipinski definition) is 5. The van der Waals surface area contributed by atoms with E-state index in [1.165, 1.54) is 11.8 Å². The van der Waals surface area contributed by atoms with Crippen LogP contribution in [0.3, 0.4) is 0 Å². The van der Waals surface area contributed by atoms with Crippen molar-refractivity contribution in [1.29, 1.82) is 0 Å². The number of thiophene rings is 1. The second-order valence-electron chi connectivity index (χ2n) is 5.81. The Morgan fingerprint density at radius 2 is 2.04 bits per heavy atom. The Balaban J connectivity index is 0.00000338. The zero-order chi connectivity index (χ0) is 17.9. The number of nitrogens with zero attached hydrogens (tertiary/aromatic N) is 2. The van der Waals surface area contributed by atoms with Gasteiger partial charge in [-0.15, -0.1) is 35.3 Å². The van der Waals surface area contributed by atoms with Crippen molar-refractivity contribution in [2.24, 2.45) is 4.99 Å². The number of amides is 1. The van der Waals surface area contributed by atoms with E-state index >= 15 is 0 Å². The molecule has 1 aliphatic heterocycles. The van der Waals surface area contributed by atoms with Crippen molar-refractivity contribution in [2.75, 3.05) is 52.5 Å². The van der Waals surface area contributed by atoms with Gasteiger partial charge >= 0.3 is 0 Å². The van der Waals surface area contributed by atoms with Crippen LogP contribution in [0.4, 0.5) is 0 Å². The van der Waals surface area contributed by atoms with Crippen LogP contribution in [0.5, 0.6) is 0 Å². The lowest BCUT2D eigenvalue weighted by molar-refractivity contribution is -0.118. The highest BCUT2D eigenvalue weighted by molar-refractivity contribution is 14.0. The molecule has 9 heteroatoms. The molecule has 1 aliphatic rings. The van der Waals surface area contributed by atoms with Gasteiger partial charge in [0.1, 0.15) is 0 Å². The van der Waals surface area contributed by atoms with E-state index in [0.717, 1.165) is 38.8 Å². The molecule has 0 aromatic carbocycles. The van der Waals surface area contributed by atoms with Gasteiger partial charge in [-0.3, -0.25) is 14.7 Å². The first-order valence-electron chi connectivity index (χ1n) is 8.82. The highest BCUT2D eigenvalue weighted by Gasteiger charge is 2.23. The quantitative estimate of drug-likeness (QED) is 0.220. The maximum absolute atomic E-state index is 10.9. The molecule has 148 valence electrons. The van der Waals surface area contributed by atoms with Crippen LogP contribution in [0.15, 0.2) is 22.5 Å². The number of hydrogen-bond donors (Lipinski definition) is 3. The standard InChI is InChI=1S/C17H29N5O2S.HI/c1-3-18-17(20-7-6-19-14(2)23)21-13-15(16-5-4-12-25-16)22-8-10-24-11-9-22;/h4-5,12,15H,3,6-11,13H2,1-2H3,(H,19,23)(H2,18,20,21);1H. The summed E-state index contributed by atoms with van der Waals surface area (Å²) in [5.41, 5.74) is 0. The zero-order valence-corrected chi connectivity index (χ0v) is 18.6. The molecule has 2 heterocycles. The highest BCUT2D eigenvalue weighted by atomic mass is 127. The molecule has 0 aliphatic carbocycles. The molecule has 2 rings (SSSR count). The van der Waals surface area contributed by atoms with Gasteiger partial charge in [0.05, 0.1) is 25.8 Å². The molecule has 26 heavy (non-hydrogen) atoms. The summed E-state index contributed by atoms with van der Waals surface area (Å²) in [6, 6.07) is 4.54. The third-order valence-corrected chi connectivity index (χ3v) is 4.89. The van der Waals surface area contributed by atoms with Gasteiger partial charge in [0, 0.05) is 44.5 Å². The van der Waals surface area contributed by atoms with Crippen LogP contribution >= 0.6 is 35.3 Å². The van der Waals surface area contributed by atoms with Gasteiger partial charge in [0.2, 0.25) is 5.91 Å². The highest BCUT2D eigenvalue weighted by Crippen LogP contribution is 2.26. The molecular weight excluding hydrogens is 465 g/mol. The zero-order valence-electron chi connectivity index (χ0n) is 15.5. The third-order valence-electron chi connectivity index (χ3n) is 3.92. The lowest BCUT2D eigenvalue weighted by atomic mass is 10.2. The van der Waals surface area contributed by atoms with Gasteiger partial charge in [-0.25, -0.2) is 0 Å². The SMILES string of the molecule is CCNC(=NCC(c1cccs1)N1CCOCC1)NCCNC(C)=O.I. The monoisotopic (exact) mass is 495 g/mol. The number of nitrogens with one attached hydrogen (secondary N) is 3. The Bertz CT molecular complexity index is 535. The summed E-state index contributed by atoms with van der Waals surface area (Å²) in [4.78, 5) is 19.5. The van der Waals surface area contributed by atoms with Gasteiger partial charge in [-0.05, 0) is 18.4 Å². The predicted molar refractivity (Wildman–Crippen MR) is 118 cm³/mol. The van der Waals surface area contributed by atoms with E-state index in [1.807, 2.05) is 6.92 Å². The first kappa shape index (κ1) is 23.1. The molecule has 0 radical (unpaired) electrons. The van der Waals surface area contributed by atoms with Crippen molar-refractivity contribution in [3.63, 3.8) is 0 Å². The predicted octanol–water partition coefficient (Wildman–Crippen LogP) is 1.43. The topological polar surface area (TPSA) is 78.0 Å². The van der Waals surface area contributed by atoms with Crippen LogP contribution < -0.4 is 16.0 Å². The summed E-state index contributed by atoms with van der Waals surface area (Å²) in [6.07, 6.45) is 0. The van der Waals surface area contributed by atoms with Crippen LogP contribution in [0.25, 0.3) is 0 Å². The van der Waals surface area contributed by atoms with E-state index in [-0.39, 0.29) is 35.9 Å². The maximum atomic E-state index is 10.9. The lowest BCUT2D eigenvalue weighted by Crippen LogP contribution is -2.43. The minimum Gasteiger partial charge on any atom is -0.379 e. The fraction of sp³-hybridized carbons (Fsp3) is 0.647. The van der Waals surface area contributed by atoms with E-state index < -0.39 is 0 Å². The second-order valence-corrected chi connectivity index (χ2v) is 6.79. The van der Waals surface area contributed by atoms with Gasteiger partial charge in [0.25, 0.3) is 0 Å². The van der Waals surface area contributed by atoms with Gasteiger partial charge < -0.3 is 20.7 Å². The lowest BCUT2D eigenvalue weighted by Gasteiger charge is -2.33. The van der Waals surface area contributed by atoms with Gasteiger partial charge in [-0.2, -0.15) is 0 Å². The molecule has 7 nitrogen and oxygen atoms in total. The number of aliphatic imine (C=N–C) groups is 1. The number of ether oxygens (including phenoxy) is 1. The minimum absolute atomic E-state index is 0. The minimum atomic E-state index is -0.0196. The van der Waals surface area contributed by atoms with Crippen LogP contribution in [0.2, 0.25) is 0 Å². The molecule has 1 saturated heterocycles. The van der Waals surface area contributed by atoms with Gasteiger partial charge in [-0.1, -0.05) is 6.07 Å². The van der Waals surface area contributed by atoms with E-state index in [9.17, 15) is 4.79 Å². The Labute approximate surface area is 177 Å². The molecule has 3 N–H and O–H groups in total. The summed E-state index contributed by atoms with van der Waals surface area (Å²) in [5, 5.41) is 11.4. The Kier molecular flexibility index (Phi) is 11.8. The Hall–Kier alpha value is -0.910. The fourth-order valence-corrected chi connectivity index (χ4v) is 3.55. The van der Waals surface area contributed by atoms with Crippen LogP contribution in [0, 0.1) is 0 Å². The number of guanidine groups is 1. The largest absolute Gasteiger partial charge is 0.379 e. The number of carbonyl (C=O) groups excluding carboxylic acids is 1. The average Bonchev–Trinajstić information content (AvgIpc) is 3.14. The molecule has 1 fully saturated rings. The first-order chi connectivity index (χ1) is 12.2. The molecular formula is C17H30IN5O2S. The smallest absolute Gasteiger partial charge is 0.216 e. The van der Waals surface area contributed by atoms with Crippen molar-refractivity contribution < 1.29 is 9.53 Å². The van der Waals surface area contributed by atoms with E-state index in [2.05, 4.69) is 38.4 Å². The molecule has 1 amide bonds. The number of halogens is 1. The summed E-state index contributed by atoms with van der Waals surface area (Å²) >= 11 is 1.77. The molecule has 0 saturated carbocycles. The molecule has 1 atom stereocenters. The summed E-state index contributed by atoms with van der Waals surface area (Å²) < 4.78 is 5.48. The van der Waals surface area contributed by atoms with E-state index in [1.54, 1.807) is 11.3 Å². The second kappa shape index (κ2) is 13.3. The van der Waals surface area contributed by atoms with Gasteiger partial charge in [0.15, 0.2) is 5.96 Å². The number of rotatable bonds is 8. The summed E-state index contributed by atoms with van der Waals surface area (Å²) in [6.45, 7) is 9.71. The third kappa shape index (κ3) is 8.19. The Morgan fingerprint density at radius 1 is 1.31 bits per heavy atom. The molecule has 0 spiro atoms. The van der Waals surface area contributed by atoms with Crippen LogP contribution in [-0.4, -0.2) is 69.2 Å². The van der Waals surface area contributed by atoms with Crippen molar-refractivity contribution in [3.05, 3.63) is 22.4 Å². The number of carbonyl (C=O) groups is 1. The average molecular weight is 495 g/mol. The van der Waals surface area contributed by atoms with Crippen molar-refractivity contribution in [3.8, 4) is 0 Å². The van der Waals surface area contributed by atoms with Crippen LogP contribution in [-0.2, 0) is 9.53 Å². The summed E-state index contributed by atoms with van der Waals surface area (Å²) in [5.74, 6) is 0.761. The fourth-order valence-electron chi connectivity index (χ4n) is 2.69.